The van der Waals surface area contributed by atoms with Crippen molar-refractivity contribution in [3.05, 3.63) is 20.8 Å². The summed E-state index contributed by atoms with van der Waals surface area (Å²) in [5.41, 5.74) is 0. The molecule has 0 radical (unpaired) electrons. The highest BCUT2D eigenvalue weighted by Crippen LogP contribution is 2.21. The van der Waals surface area contributed by atoms with E-state index >= 15 is 0 Å². The Morgan fingerprint density at radius 1 is 1.24 bits per heavy atom. The van der Waals surface area contributed by atoms with Crippen molar-refractivity contribution in [1.29, 1.82) is 0 Å². The van der Waals surface area contributed by atoms with E-state index in [1.54, 1.807) is 11.3 Å². The SMILES string of the molecule is CCNc1nc(NCc2cc(Br)cs2)nc(OC(C)C)n1. The molecular weight excluding hydrogens is 354 g/mol. The topological polar surface area (TPSA) is 72.0 Å². The third-order valence-electron chi connectivity index (χ3n) is 2.33. The Kier molecular flexibility index (Phi) is 5.75. The highest BCUT2D eigenvalue weighted by atomic mass is 79.9. The van der Waals surface area contributed by atoms with Gasteiger partial charge in [-0.1, -0.05) is 0 Å². The summed E-state index contributed by atoms with van der Waals surface area (Å²) >= 11 is 5.11. The molecule has 0 amide bonds. The molecule has 0 aromatic carbocycles. The molecule has 2 rings (SSSR count). The number of thiophene rings is 1. The van der Waals surface area contributed by atoms with Crippen LogP contribution >= 0.6 is 27.3 Å². The fourth-order valence-corrected chi connectivity index (χ4v) is 2.94. The van der Waals surface area contributed by atoms with Gasteiger partial charge >= 0.3 is 6.01 Å². The van der Waals surface area contributed by atoms with Crippen LogP contribution in [0.25, 0.3) is 0 Å². The molecule has 0 saturated heterocycles. The quantitative estimate of drug-likeness (QED) is 0.775. The smallest absolute Gasteiger partial charge is 0.323 e. The second-order valence-corrected chi connectivity index (χ2v) is 6.46. The Labute approximate surface area is 136 Å². The maximum Gasteiger partial charge on any atom is 0.323 e. The van der Waals surface area contributed by atoms with Crippen LogP contribution in [0.2, 0.25) is 0 Å². The van der Waals surface area contributed by atoms with Gasteiger partial charge in [0.2, 0.25) is 11.9 Å². The van der Waals surface area contributed by atoms with E-state index in [2.05, 4.69) is 47.6 Å². The third-order valence-corrected chi connectivity index (χ3v) is 4.03. The number of nitrogens with one attached hydrogen (secondary N) is 2. The molecule has 0 aliphatic carbocycles. The van der Waals surface area contributed by atoms with Crippen LogP contribution in [0.3, 0.4) is 0 Å². The summed E-state index contributed by atoms with van der Waals surface area (Å²) in [5.74, 6) is 1.01. The molecule has 2 heterocycles. The van der Waals surface area contributed by atoms with E-state index in [0.717, 1.165) is 11.0 Å². The number of rotatable bonds is 7. The van der Waals surface area contributed by atoms with Gasteiger partial charge in [-0.3, -0.25) is 0 Å². The van der Waals surface area contributed by atoms with Crippen molar-refractivity contribution in [2.75, 3.05) is 17.2 Å². The van der Waals surface area contributed by atoms with Crippen molar-refractivity contribution in [3.8, 4) is 6.01 Å². The largest absolute Gasteiger partial charge is 0.461 e. The van der Waals surface area contributed by atoms with E-state index in [1.165, 1.54) is 4.88 Å². The van der Waals surface area contributed by atoms with E-state index in [1.807, 2.05) is 26.2 Å². The van der Waals surface area contributed by atoms with Crippen LogP contribution in [0.15, 0.2) is 15.9 Å². The van der Waals surface area contributed by atoms with Gasteiger partial charge in [0, 0.05) is 21.3 Å². The summed E-state index contributed by atoms with van der Waals surface area (Å²) in [5, 5.41) is 8.31. The van der Waals surface area contributed by atoms with Gasteiger partial charge in [-0.15, -0.1) is 11.3 Å². The minimum atomic E-state index is 0.0166. The molecule has 0 bridgehead atoms. The highest BCUT2D eigenvalue weighted by molar-refractivity contribution is 9.10. The molecule has 0 fully saturated rings. The summed E-state index contributed by atoms with van der Waals surface area (Å²) < 4.78 is 6.63. The van der Waals surface area contributed by atoms with Gasteiger partial charge in [0.25, 0.3) is 0 Å². The first-order chi connectivity index (χ1) is 10.1. The van der Waals surface area contributed by atoms with Crippen molar-refractivity contribution in [3.63, 3.8) is 0 Å². The number of halogens is 1. The minimum absolute atomic E-state index is 0.0166. The lowest BCUT2D eigenvalue weighted by molar-refractivity contribution is 0.222. The number of hydrogen-bond donors (Lipinski definition) is 2. The number of nitrogens with zero attached hydrogens (tertiary/aromatic N) is 3. The number of ether oxygens (including phenoxy) is 1. The second-order valence-electron chi connectivity index (χ2n) is 4.55. The van der Waals surface area contributed by atoms with Gasteiger partial charge in [-0.25, -0.2) is 0 Å². The van der Waals surface area contributed by atoms with E-state index in [4.69, 9.17) is 4.74 Å². The maximum absolute atomic E-state index is 5.55. The van der Waals surface area contributed by atoms with Crippen molar-refractivity contribution in [1.82, 2.24) is 15.0 Å². The molecule has 0 spiro atoms. The van der Waals surface area contributed by atoms with E-state index in [9.17, 15) is 0 Å². The monoisotopic (exact) mass is 371 g/mol. The van der Waals surface area contributed by atoms with Crippen molar-refractivity contribution in [2.45, 2.75) is 33.4 Å². The first-order valence-electron chi connectivity index (χ1n) is 6.70. The molecule has 8 heteroatoms. The lowest BCUT2D eigenvalue weighted by Crippen LogP contribution is -2.13. The first kappa shape index (κ1) is 16.0. The van der Waals surface area contributed by atoms with E-state index in [-0.39, 0.29) is 6.10 Å². The van der Waals surface area contributed by atoms with Gasteiger partial charge < -0.3 is 15.4 Å². The van der Waals surface area contributed by atoms with Gasteiger partial charge in [-0.05, 0) is 42.8 Å². The first-order valence-corrected chi connectivity index (χ1v) is 8.37. The molecule has 2 aromatic rings. The Bertz CT molecular complexity index is 590. The summed E-state index contributed by atoms with van der Waals surface area (Å²) in [4.78, 5) is 14.0. The highest BCUT2D eigenvalue weighted by Gasteiger charge is 2.09. The fourth-order valence-electron chi connectivity index (χ4n) is 1.55. The van der Waals surface area contributed by atoms with Crippen LogP contribution in [0.5, 0.6) is 6.01 Å². The van der Waals surface area contributed by atoms with Gasteiger partial charge in [-0.2, -0.15) is 15.0 Å². The third kappa shape index (κ3) is 5.13. The zero-order valence-electron chi connectivity index (χ0n) is 12.2. The molecular formula is C13H18BrN5OS. The average molecular weight is 372 g/mol. The van der Waals surface area contributed by atoms with Crippen molar-refractivity contribution < 1.29 is 4.74 Å². The van der Waals surface area contributed by atoms with Gasteiger partial charge in [0.05, 0.1) is 12.6 Å². The van der Waals surface area contributed by atoms with Crippen LogP contribution in [0.1, 0.15) is 25.6 Å². The van der Waals surface area contributed by atoms with Crippen LogP contribution in [0.4, 0.5) is 11.9 Å². The lowest BCUT2D eigenvalue weighted by atomic mass is 10.5. The van der Waals surface area contributed by atoms with Crippen LogP contribution in [-0.4, -0.2) is 27.6 Å². The molecule has 0 aliphatic rings. The molecule has 2 aromatic heterocycles. The van der Waals surface area contributed by atoms with Crippen molar-refractivity contribution in [2.24, 2.45) is 0 Å². The molecule has 0 unspecified atom stereocenters. The maximum atomic E-state index is 5.55. The number of hydrogen-bond acceptors (Lipinski definition) is 7. The summed E-state index contributed by atoms with van der Waals surface area (Å²) in [6.07, 6.45) is 0.0166. The molecule has 2 N–H and O–H groups in total. The molecule has 0 atom stereocenters. The fraction of sp³-hybridized carbons (Fsp3) is 0.462. The summed E-state index contributed by atoms with van der Waals surface area (Å²) in [7, 11) is 0. The second kappa shape index (κ2) is 7.56. The Balaban J connectivity index is 2.10. The zero-order chi connectivity index (χ0) is 15.2. The average Bonchev–Trinajstić information content (AvgIpc) is 2.82. The number of aromatic nitrogens is 3. The van der Waals surface area contributed by atoms with E-state index < -0.39 is 0 Å². The predicted molar refractivity (Wildman–Crippen MR) is 89.1 cm³/mol. The zero-order valence-corrected chi connectivity index (χ0v) is 14.6. The van der Waals surface area contributed by atoms with Crippen molar-refractivity contribution >= 4 is 39.2 Å². The van der Waals surface area contributed by atoms with Crippen LogP contribution in [-0.2, 0) is 6.54 Å². The minimum Gasteiger partial charge on any atom is -0.461 e. The summed E-state index contributed by atoms with van der Waals surface area (Å²) in [6.45, 7) is 7.26. The predicted octanol–water partition coefficient (Wildman–Crippen LogP) is 3.53. The Morgan fingerprint density at radius 3 is 2.52 bits per heavy atom. The molecule has 0 aliphatic heterocycles. The van der Waals surface area contributed by atoms with Gasteiger partial charge in [0.15, 0.2) is 0 Å². The summed E-state index contributed by atoms with van der Waals surface area (Å²) in [6, 6.07) is 2.39. The van der Waals surface area contributed by atoms with Crippen LogP contribution < -0.4 is 15.4 Å². The molecule has 114 valence electrons. The van der Waals surface area contributed by atoms with Crippen LogP contribution in [0, 0.1) is 0 Å². The lowest BCUT2D eigenvalue weighted by Gasteiger charge is -2.11. The Hall–Kier alpha value is -1.41. The van der Waals surface area contributed by atoms with E-state index in [0.29, 0.717) is 24.5 Å². The standard InChI is InChI=1S/C13H18BrN5OS/c1-4-15-11-17-12(19-13(18-11)20-8(2)3)16-6-10-5-9(14)7-21-10/h5,7-8H,4,6H2,1-3H3,(H2,15,16,17,18,19). The molecule has 6 nitrogen and oxygen atoms in total. The molecule has 21 heavy (non-hydrogen) atoms. The normalized spacial score (nSPS) is 10.7. The Morgan fingerprint density at radius 2 is 1.95 bits per heavy atom. The molecule has 0 saturated carbocycles. The number of anilines is 2. The van der Waals surface area contributed by atoms with Gasteiger partial charge in [0.1, 0.15) is 0 Å².